The highest BCUT2D eigenvalue weighted by molar-refractivity contribution is 6.22. The summed E-state index contributed by atoms with van der Waals surface area (Å²) in [5, 5.41) is 2.95. The predicted molar refractivity (Wildman–Crippen MR) is 114 cm³/mol. The van der Waals surface area contributed by atoms with Gasteiger partial charge in [0.05, 0.1) is 24.7 Å². The Morgan fingerprint density at radius 2 is 1.69 bits per heavy atom. The number of hydrogen-bond donors (Lipinski definition) is 1. The molecule has 1 N–H and O–H groups in total. The Labute approximate surface area is 171 Å². The SMILES string of the molecule is Cc1cc(C)c(NC(=O)CN(C)[C@H]2CC(=O)N(c3ccccc3C)C2=O)c(C)c1. The van der Waals surface area contributed by atoms with Gasteiger partial charge in [-0.05, 0) is 57.5 Å². The molecular weight excluding hydrogens is 366 g/mol. The first-order valence-corrected chi connectivity index (χ1v) is 9.69. The Bertz CT molecular complexity index is 960. The second-order valence-electron chi connectivity index (χ2n) is 7.81. The van der Waals surface area contributed by atoms with Crippen LogP contribution >= 0.6 is 0 Å². The van der Waals surface area contributed by atoms with Gasteiger partial charge in [0.1, 0.15) is 0 Å². The van der Waals surface area contributed by atoms with Gasteiger partial charge in [-0.15, -0.1) is 0 Å². The molecule has 29 heavy (non-hydrogen) atoms. The van der Waals surface area contributed by atoms with E-state index in [1.54, 1.807) is 24.1 Å². The number of anilines is 2. The predicted octanol–water partition coefficient (Wildman–Crippen LogP) is 3.12. The van der Waals surface area contributed by atoms with E-state index in [-0.39, 0.29) is 30.7 Å². The number of carbonyl (C=O) groups excluding carboxylic acids is 3. The molecule has 3 amide bonds. The van der Waals surface area contributed by atoms with E-state index in [1.807, 2.05) is 52.0 Å². The van der Waals surface area contributed by atoms with E-state index >= 15 is 0 Å². The smallest absolute Gasteiger partial charge is 0.251 e. The zero-order chi connectivity index (χ0) is 21.3. The summed E-state index contributed by atoms with van der Waals surface area (Å²) in [5.41, 5.74) is 5.40. The van der Waals surface area contributed by atoms with Gasteiger partial charge in [0.15, 0.2) is 0 Å². The van der Waals surface area contributed by atoms with Gasteiger partial charge >= 0.3 is 0 Å². The van der Waals surface area contributed by atoms with Crippen LogP contribution in [0.5, 0.6) is 0 Å². The molecule has 0 unspecified atom stereocenters. The number of imide groups is 1. The van der Waals surface area contributed by atoms with E-state index in [9.17, 15) is 14.4 Å². The Kier molecular flexibility index (Phi) is 5.84. The maximum absolute atomic E-state index is 12.9. The van der Waals surface area contributed by atoms with E-state index in [0.717, 1.165) is 27.9 Å². The van der Waals surface area contributed by atoms with Crippen molar-refractivity contribution in [3.8, 4) is 0 Å². The molecule has 152 valence electrons. The van der Waals surface area contributed by atoms with E-state index in [2.05, 4.69) is 5.32 Å². The average Bonchev–Trinajstić information content (AvgIpc) is 2.93. The topological polar surface area (TPSA) is 69.7 Å². The van der Waals surface area contributed by atoms with Crippen LogP contribution in [-0.2, 0) is 14.4 Å². The number of hydrogen-bond acceptors (Lipinski definition) is 4. The van der Waals surface area contributed by atoms with E-state index in [4.69, 9.17) is 0 Å². The van der Waals surface area contributed by atoms with Crippen LogP contribution < -0.4 is 10.2 Å². The molecular formula is C23H27N3O3. The number of likely N-dealkylation sites (N-methyl/N-ethyl adjacent to an activating group) is 1. The summed E-state index contributed by atoms with van der Waals surface area (Å²) < 4.78 is 0. The summed E-state index contributed by atoms with van der Waals surface area (Å²) in [5.74, 6) is -0.744. The zero-order valence-electron chi connectivity index (χ0n) is 17.6. The molecule has 3 rings (SSSR count). The van der Waals surface area contributed by atoms with Crippen LogP contribution in [0.1, 0.15) is 28.7 Å². The lowest BCUT2D eigenvalue weighted by Gasteiger charge is -2.23. The van der Waals surface area contributed by atoms with E-state index in [0.29, 0.717) is 5.69 Å². The largest absolute Gasteiger partial charge is 0.324 e. The molecule has 2 aromatic carbocycles. The second kappa shape index (κ2) is 8.17. The van der Waals surface area contributed by atoms with Crippen LogP contribution in [0.2, 0.25) is 0 Å². The van der Waals surface area contributed by atoms with Crippen LogP contribution in [0.4, 0.5) is 11.4 Å². The van der Waals surface area contributed by atoms with Crippen molar-refractivity contribution in [2.45, 2.75) is 40.2 Å². The van der Waals surface area contributed by atoms with Crippen molar-refractivity contribution >= 4 is 29.1 Å². The lowest BCUT2D eigenvalue weighted by Crippen LogP contribution is -2.43. The van der Waals surface area contributed by atoms with Gasteiger partial charge < -0.3 is 5.32 Å². The molecule has 2 aromatic rings. The molecule has 0 saturated carbocycles. The molecule has 1 atom stereocenters. The highest BCUT2D eigenvalue weighted by atomic mass is 16.2. The number of rotatable bonds is 5. The van der Waals surface area contributed by atoms with Crippen molar-refractivity contribution in [1.29, 1.82) is 0 Å². The third-order valence-electron chi connectivity index (χ3n) is 5.35. The lowest BCUT2D eigenvalue weighted by atomic mass is 10.1. The minimum atomic E-state index is -0.645. The molecule has 1 saturated heterocycles. The highest BCUT2D eigenvalue weighted by Gasteiger charge is 2.42. The van der Waals surface area contributed by atoms with Gasteiger partial charge in [-0.3, -0.25) is 19.3 Å². The van der Waals surface area contributed by atoms with Gasteiger partial charge in [-0.1, -0.05) is 35.9 Å². The molecule has 1 heterocycles. The Morgan fingerprint density at radius 3 is 2.31 bits per heavy atom. The second-order valence-corrected chi connectivity index (χ2v) is 7.81. The van der Waals surface area contributed by atoms with Crippen molar-refractivity contribution in [1.82, 2.24) is 4.90 Å². The van der Waals surface area contributed by atoms with Gasteiger partial charge in [-0.2, -0.15) is 0 Å². The highest BCUT2D eigenvalue weighted by Crippen LogP contribution is 2.28. The number of nitrogens with one attached hydrogen (secondary N) is 1. The number of benzene rings is 2. The summed E-state index contributed by atoms with van der Waals surface area (Å²) in [6.07, 6.45) is 0.0690. The van der Waals surface area contributed by atoms with Crippen LogP contribution in [0.3, 0.4) is 0 Å². The summed E-state index contributed by atoms with van der Waals surface area (Å²) in [6.45, 7) is 7.82. The fraction of sp³-hybridized carbons (Fsp3) is 0.348. The zero-order valence-corrected chi connectivity index (χ0v) is 17.6. The number of aryl methyl sites for hydroxylation is 4. The molecule has 0 aliphatic carbocycles. The molecule has 1 aliphatic rings. The minimum Gasteiger partial charge on any atom is -0.324 e. The van der Waals surface area contributed by atoms with Gasteiger partial charge in [0, 0.05) is 5.69 Å². The van der Waals surface area contributed by atoms with Crippen molar-refractivity contribution < 1.29 is 14.4 Å². The van der Waals surface area contributed by atoms with Gasteiger partial charge in [-0.25, -0.2) is 4.90 Å². The van der Waals surface area contributed by atoms with Crippen molar-refractivity contribution in [3.63, 3.8) is 0 Å². The number of carbonyl (C=O) groups is 3. The quantitative estimate of drug-likeness (QED) is 0.793. The fourth-order valence-corrected chi connectivity index (χ4v) is 3.92. The summed E-state index contributed by atoms with van der Waals surface area (Å²) in [6, 6.07) is 10.7. The molecule has 1 aliphatic heterocycles. The summed E-state index contributed by atoms with van der Waals surface area (Å²) >= 11 is 0. The van der Waals surface area contributed by atoms with E-state index < -0.39 is 6.04 Å². The van der Waals surface area contributed by atoms with Crippen LogP contribution in [0, 0.1) is 27.7 Å². The van der Waals surface area contributed by atoms with Crippen molar-refractivity contribution in [2.75, 3.05) is 23.8 Å². The van der Waals surface area contributed by atoms with Crippen LogP contribution in [-0.4, -0.2) is 42.3 Å². The first-order valence-electron chi connectivity index (χ1n) is 9.69. The van der Waals surface area contributed by atoms with Crippen LogP contribution in [0.15, 0.2) is 36.4 Å². The summed E-state index contributed by atoms with van der Waals surface area (Å²) in [4.78, 5) is 40.9. The maximum atomic E-state index is 12.9. The monoisotopic (exact) mass is 393 g/mol. The first-order chi connectivity index (χ1) is 13.7. The third kappa shape index (κ3) is 4.22. The maximum Gasteiger partial charge on any atom is 0.251 e. The minimum absolute atomic E-state index is 0.0258. The Morgan fingerprint density at radius 1 is 1.07 bits per heavy atom. The molecule has 0 radical (unpaired) electrons. The Balaban J connectivity index is 1.70. The first kappa shape index (κ1) is 20.7. The van der Waals surface area contributed by atoms with Crippen molar-refractivity contribution in [3.05, 3.63) is 58.7 Å². The standard InChI is InChI=1S/C23H27N3O3/c1-14-10-16(3)22(17(4)11-14)24-20(27)13-25(5)19-12-21(28)26(23(19)29)18-9-7-6-8-15(18)2/h6-11,19H,12-13H2,1-5H3,(H,24,27)/t19-/m0/s1. The number of amides is 3. The van der Waals surface area contributed by atoms with Crippen molar-refractivity contribution in [2.24, 2.45) is 0 Å². The van der Waals surface area contributed by atoms with Gasteiger partial charge in [0.2, 0.25) is 11.8 Å². The molecule has 0 spiro atoms. The van der Waals surface area contributed by atoms with E-state index in [1.165, 1.54) is 4.90 Å². The lowest BCUT2D eigenvalue weighted by molar-refractivity contribution is -0.123. The summed E-state index contributed by atoms with van der Waals surface area (Å²) in [7, 11) is 1.70. The Hall–Kier alpha value is -2.99. The molecule has 1 fully saturated rings. The molecule has 0 aromatic heterocycles. The number of nitrogens with zero attached hydrogens (tertiary/aromatic N) is 2. The average molecular weight is 393 g/mol. The molecule has 6 heteroatoms. The third-order valence-corrected chi connectivity index (χ3v) is 5.35. The van der Waals surface area contributed by atoms with Gasteiger partial charge in [0.25, 0.3) is 5.91 Å². The molecule has 0 bridgehead atoms. The fourth-order valence-electron chi connectivity index (χ4n) is 3.92. The molecule has 6 nitrogen and oxygen atoms in total. The van der Waals surface area contributed by atoms with Crippen LogP contribution in [0.25, 0.3) is 0 Å². The normalized spacial score (nSPS) is 16.6. The number of para-hydroxylation sites is 1.